The van der Waals surface area contributed by atoms with Crippen molar-refractivity contribution in [1.29, 1.82) is 0 Å². The molecule has 11 rings (SSSR count). The van der Waals surface area contributed by atoms with Gasteiger partial charge in [-0.05, 0) is 92.7 Å². The maximum Gasteiger partial charge on any atom is 2.00 e. The van der Waals surface area contributed by atoms with Gasteiger partial charge in [0.15, 0.2) is 0 Å². The van der Waals surface area contributed by atoms with Gasteiger partial charge in [-0.3, -0.25) is 9.97 Å². The molecule has 11 aromatic rings. The second kappa shape index (κ2) is 14.9. The van der Waals surface area contributed by atoms with E-state index in [0.717, 1.165) is 60.8 Å². The Morgan fingerprint density at radius 2 is 1.18 bits per heavy atom. The molecule has 0 aliphatic carbocycles. The average Bonchev–Trinajstić information content (AvgIpc) is 3.84. The van der Waals surface area contributed by atoms with Gasteiger partial charge >= 0.3 is 21.1 Å². The predicted octanol–water partition coefficient (Wildman–Crippen LogP) is 14.3. The fraction of sp³-hybridized carbons (Fsp3) is 0.111. The fourth-order valence-corrected chi connectivity index (χ4v) is 8.81. The second-order valence-corrected chi connectivity index (χ2v) is 16.1. The average molecular weight is 956 g/mol. The Morgan fingerprint density at radius 3 is 1.95 bits per heavy atom. The van der Waals surface area contributed by atoms with Crippen molar-refractivity contribution in [1.82, 2.24) is 18.9 Å². The summed E-state index contributed by atoms with van der Waals surface area (Å²) in [6.07, 6.45) is 0. The Bertz CT molecular complexity index is 3410. The molecule has 0 N–H and O–H groups in total. The molecule has 0 bridgehead atoms. The molecule has 5 nitrogen and oxygen atoms in total. The minimum absolute atomic E-state index is 0. The smallest absolute Gasteiger partial charge is 0.497 e. The summed E-state index contributed by atoms with van der Waals surface area (Å²) >= 11 is 0. The Labute approximate surface area is 363 Å². The molecule has 0 atom stereocenters. The van der Waals surface area contributed by atoms with Crippen molar-refractivity contribution in [3.8, 4) is 39.7 Å². The number of pyridine rings is 1. The van der Waals surface area contributed by atoms with Crippen LogP contribution in [0.2, 0.25) is 0 Å². The summed E-state index contributed by atoms with van der Waals surface area (Å²) in [6, 6.07) is 62.6. The quantitative estimate of drug-likeness (QED) is 0.118. The van der Waals surface area contributed by atoms with Crippen LogP contribution in [0.25, 0.3) is 88.4 Å². The van der Waals surface area contributed by atoms with Crippen LogP contribution < -0.4 is 4.74 Å². The monoisotopic (exact) mass is 955 g/mol. The van der Waals surface area contributed by atoms with Gasteiger partial charge in [0, 0.05) is 22.7 Å². The minimum Gasteiger partial charge on any atom is -0.497 e. The van der Waals surface area contributed by atoms with Crippen LogP contribution in [0.15, 0.2) is 158 Å². The first-order valence-electron chi connectivity index (χ1n) is 20.4. The summed E-state index contributed by atoms with van der Waals surface area (Å²) in [5.74, 6) is 2.52. The number of nitrogens with zero attached hydrogens (tertiary/aromatic N) is 4. The molecule has 0 aliphatic rings. The van der Waals surface area contributed by atoms with Gasteiger partial charge in [-0.2, -0.15) is 0 Å². The van der Waals surface area contributed by atoms with Crippen molar-refractivity contribution in [2.24, 2.45) is 0 Å². The molecule has 0 unspecified atom stereocenters. The SMILES string of the molecule is CC(C)c1cc(-c2ccccc2)cc(C(C)C)c1-n1c(-c2[c-]c(Oc3[c-]c4c(cc3)c3ccccc3n3c5cc6ccccc6cc5nc43)ccc2)nc2ccccc21.[Pt+2]. The van der Waals surface area contributed by atoms with Crippen molar-refractivity contribution in [3.63, 3.8) is 0 Å². The van der Waals surface area contributed by atoms with Gasteiger partial charge in [-0.15, -0.1) is 29.8 Å². The first-order valence-corrected chi connectivity index (χ1v) is 20.4. The third kappa shape index (κ3) is 6.19. The maximum atomic E-state index is 6.67. The van der Waals surface area contributed by atoms with Gasteiger partial charge in [-0.1, -0.05) is 142 Å². The minimum atomic E-state index is 0. The van der Waals surface area contributed by atoms with E-state index in [-0.39, 0.29) is 32.9 Å². The van der Waals surface area contributed by atoms with Crippen molar-refractivity contribution < 1.29 is 25.8 Å². The molecule has 6 heteroatoms. The zero-order valence-electron chi connectivity index (χ0n) is 33.7. The van der Waals surface area contributed by atoms with E-state index in [4.69, 9.17) is 14.7 Å². The van der Waals surface area contributed by atoms with Gasteiger partial charge in [-0.25, -0.2) is 0 Å². The standard InChI is InChI=1S/C54H40N4O.Pt/c1-33(2)44-28-39(35-15-6-5-7-16-35)29-45(34(3)4)52(44)58-50-24-13-11-22-47(50)55-53(58)38-19-14-20-40(27-38)59-41-25-26-42-43-21-10-12-23-49(43)57-51-31-37-18-9-8-17-36(37)30-48(51)56-54(57)46(42)32-41;/h5-26,28-31,33-34H,1-4H3;/q-2;+2. The molecule has 0 spiro atoms. The van der Waals surface area contributed by atoms with Crippen molar-refractivity contribution in [2.45, 2.75) is 39.5 Å². The Balaban J connectivity index is 0.00000433. The van der Waals surface area contributed by atoms with E-state index in [1.54, 1.807) is 0 Å². The number of hydrogen-bond acceptors (Lipinski definition) is 3. The summed E-state index contributed by atoms with van der Waals surface area (Å²) in [7, 11) is 0. The summed E-state index contributed by atoms with van der Waals surface area (Å²) in [5.41, 5.74) is 13.0. The van der Waals surface area contributed by atoms with Gasteiger partial charge in [0.05, 0.1) is 33.5 Å². The molecular weight excluding hydrogens is 916 g/mol. The molecule has 0 aliphatic heterocycles. The summed E-state index contributed by atoms with van der Waals surface area (Å²) < 4.78 is 11.3. The number of rotatable bonds is 7. The number of hydrogen-bond donors (Lipinski definition) is 0. The number of ether oxygens (including phenoxy) is 1. The number of para-hydroxylation sites is 3. The molecule has 0 amide bonds. The summed E-state index contributed by atoms with van der Waals surface area (Å²) in [6.45, 7) is 9.12. The Morgan fingerprint density at radius 1 is 0.517 bits per heavy atom. The molecule has 292 valence electrons. The van der Waals surface area contributed by atoms with Crippen molar-refractivity contribution in [3.05, 3.63) is 181 Å². The van der Waals surface area contributed by atoms with Crippen molar-refractivity contribution in [2.75, 3.05) is 0 Å². The summed E-state index contributed by atoms with van der Waals surface area (Å²) in [4.78, 5) is 10.5. The molecule has 3 aromatic heterocycles. The Hall–Kier alpha value is -6.55. The molecule has 0 saturated carbocycles. The summed E-state index contributed by atoms with van der Waals surface area (Å²) in [5, 5.41) is 5.46. The number of fused-ring (bicyclic) bond motifs is 10. The van der Waals surface area contributed by atoms with E-state index in [2.05, 4.69) is 188 Å². The predicted molar refractivity (Wildman–Crippen MR) is 243 cm³/mol. The van der Waals surface area contributed by atoms with E-state index in [1.165, 1.54) is 38.7 Å². The zero-order chi connectivity index (χ0) is 39.8. The largest absolute Gasteiger partial charge is 2.00 e. The molecule has 3 heterocycles. The van der Waals surface area contributed by atoms with Crippen LogP contribution in [0.3, 0.4) is 0 Å². The molecular formula is C54H40N4OPt. The first kappa shape index (κ1) is 37.7. The van der Waals surface area contributed by atoms with Gasteiger partial charge in [0.25, 0.3) is 0 Å². The molecule has 0 fully saturated rings. The molecule has 8 aromatic carbocycles. The van der Waals surface area contributed by atoms with Crippen LogP contribution in [0.5, 0.6) is 11.5 Å². The van der Waals surface area contributed by atoms with E-state index >= 15 is 0 Å². The number of imidazole rings is 2. The zero-order valence-corrected chi connectivity index (χ0v) is 36.0. The second-order valence-electron chi connectivity index (χ2n) is 16.1. The van der Waals surface area contributed by atoms with Crippen LogP contribution in [-0.4, -0.2) is 18.9 Å². The topological polar surface area (TPSA) is 44.4 Å². The fourth-order valence-electron chi connectivity index (χ4n) is 8.81. The van der Waals surface area contributed by atoms with Crippen LogP contribution in [0, 0.1) is 12.1 Å². The third-order valence-electron chi connectivity index (χ3n) is 11.6. The van der Waals surface area contributed by atoms with E-state index in [0.29, 0.717) is 11.5 Å². The van der Waals surface area contributed by atoms with Crippen molar-refractivity contribution >= 4 is 60.2 Å². The molecule has 60 heavy (non-hydrogen) atoms. The van der Waals surface area contributed by atoms with Gasteiger partial charge in [0.2, 0.25) is 0 Å². The first-order chi connectivity index (χ1) is 28.9. The molecule has 0 saturated heterocycles. The van der Waals surface area contributed by atoms with E-state index in [9.17, 15) is 0 Å². The van der Waals surface area contributed by atoms with E-state index < -0.39 is 0 Å². The Kier molecular flexibility index (Phi) is 9.38. The normalized spacial score (nSPS) is 11.8. The molecule has 0 radical (unpaired) electrons. The van der Waals surface area contributed by atoms with E-state index in [1.807, 2.05) is 18.2 Å². The van der Waals surface area contributed by atoms with Gasteiger partial charge in [0.1, 0.15) is 0 Å². The maximum absolute atomic E-state index is 6.67. The van der Waals surface area contributed by atoms with Crippen LogP contribution in [-0.2, 0) is 21.1 Å². The third-order valence-corrected chi connectivity index (χ3v) is 11.6. The van der Waals surface area contributed by atoms with Crippen LogP contribution >= 0.6 is 0 Å². The van der Waals surface area contributed by atoms with Crippen LogP contribution in [0.1, 0.15) is 50.7 Å². The number of benzene rings is 8. The van der Waals surface area contributed by atoms with Gasteiger partial charge < -0.3 is 13.7 Å². The van der Waals surface area contributed by atoms with Crippen LogP contribution in [0.4, 0.5) is 0 Å². The number of aromatic nitrogens is 4.